The zero-order chi connectivity index (χ0) is 14.1. The fourth-order valence-corrected chi connectivity index (χ4v) is 2.17. The average molecular weight is 291 g/mol. The van der Waals surface area contributed by atoms with Gasteiger partial charge in [0, 0.05) is 11.8 Å². The maximum atomic E-state index is 13.0. The molecule has 1 aromatic heterocycles. The molecule has 3 rings (SSSR count). The SMILES string of the molecule is Fc1ccc(-n2ccc(-c3ccc(F)cc3Cl)n2)cc1. The Kier molecular flexibility index (Phi) is 3.24. The van der Waals surface area contributed by atoms with Gasteiger partial charge in [-0.25, -0.2) is 13.5 Å². The van der Waals surface area contributed by atoms with E-state index in [9.17, 15) is 8.78 Å². The van der Waals surface area contributed by atoms with Crippen LogP contribution in [0.15, 0.2) is 54.7 Å². The maximum Gasteiger partial charge on any atom is 0.124 e. The second-order valence-electron chi connectivity index (χ2n) is 4.25. The van der Waals surface area contributed by atoms with Gasteiger partial charge in [-0.2, -0.15) is 5.10 Å². The molecule has 0 aliphatic carbocycles. The van der Waals surface area contributed by atoms with E-state index < -0.39 is 5.82 Å². The van der Waals surface area contributed by atoms with Crippen molar-refractivity contribution in [2.75, 3.05) is 0 Å². The quantitative estimate of drug-likeness (QED) is 0.681. The first-order valence-corrected chi connectivity index (χ1v) is 6.28. The van der Waals surface area contributed by atoms with Crippen molar-refractivity contribution in [1.29, 1.82) is 0 Å². The summed E-state index contributed by atoms with van der Waals surface area (Å²) < 4.78 is 27.5. The molecule has 0 saturated heterocycles. The molecule has 3 aromatic rings. The van der Waals surface area contributed by atoms with Crippen molar-refractivity contribution in [1.82, 2.24) is 9.78 Å². The fourth-order valence-electron chi connectivity index (χ4n) is 1.90. The molecule has 0 bridgehead atoms. The Morgan fingerprint density at radius 2 is 1.60 bits per heavy atom. The molecule has 0 fully saturated rings. The predicted octanol–water partition coefficient (Wildman–Crippen LogP) is 4.47. The Hall–Kier alpha value is -2.20. The van der Waals surface area contributed by atoms with Gasteiger partial charge in [0.25, 0.3) is 0 Å². The van der Waals surface area contributed by atoms with E-state index in [1.54, 1.807) is 35.1 Å². The van der Waals surface area contributed by atoms with Gasteiger partial charge in [0.15, 0.2) is 0 Å². The van der Waals surface area contributed by atoms with Crippen molar-refractivity contribution in [2.24, 2.45) is 0 Å². The minimum atomic E-state index is -0.392. The van der Waals surface area contributed by atoms with E-state index in [-0.39, 0.29) is 5.82 Å². The molecule has 0 aliphatic heterocycles. The highest BCUT2D eigenvalue weighted by Crippen LogP contribution is 2.27. The highest BCUT2D eigenvalue weighted by atomic mass is 35.5. The van der Waals surface area contributed by atoms with Gasteiger partial charge in [-0.05, 0) is 48.5 Å². The highest BCUT2D eigenvalue weighted by molar-refractivity contribution is 6.33. The van der Waals surface area contributed by atoms with Crippen LogP contribution in [0.3, 0.4) is 0 Å². The normalized spacial score (nSPS) is 10.8. The van der Waals surface area contributed by atoms with E-state index in [2.05, 4.69) is 5.10 Å². The van der Waals surface area contributed by atoms with Crippen LogP contribution in [-0.4, -0.2) is 9.78 Å². The summed E-state index contributed by atoms with van der Waals surface area (Å²) in [6.07, 6.45) is 1.74. The van der Waals surface area contributed by atoms with E-state index in [4.69, 9.17) is 11.6 Å². The third kappa shape index (κ3) is 2.42. The van der Waals surface area contributed by atoms with Crippen LogP contribution in [0.25, 0.3) is 16.9 Å². The van der Waals surface area contributed by atoms with Crippen molar-refractivity contribution < 1.29 is 8.78 Å². The van der Waals surface area contributed by atoms with Crippen molar-refractivity contribution in [2.45, 2.75) is 0 Å². The molecule has 1 heterocycles. The summed E-state index contributed by atoms with van der Waals surface area (Å²) in [5.74, 6) is -0.695. The van der Waals surface area contributed by atoms with Crippen LogP contribution >= 0.6 is 11.6 Å². The topological polar surface area (TPSA) is 17.8 Å². The first kappa shape index (κ1) is 12.8. The Labute approximate surface area is 119 Å². The highest BCUT2D eigenvalue weighted by Gasteiger charge is 2.08. The average Bonchev–Trinajstić information content (AvgIpc) is 2.89. The molecule has 0 atom stereocenters. The van der Waals surface area contributed by atoms with Gasteiger partial charge in [0.1, 0.15) is 11.6 Å². The van der Waals surface area contributed by atoms with E-state index in [0.29, 0.717) is 16.3 Å². The number of rotatable bonds is 2. The lowest BCUT2D eigenvalue weighted by Crippen LogP contribution is -1.95. The van der Waals surface area contributed by atoms with Crippen LogP contribution in [-0.2, 0) is 0 Å². The monoisotopic (exact) mass is 290 g/mol. The Balaban J connectivity index is 1.99. The molecule has 20 heavy (non-hydrogen) atoms. The summed E-state index contributed by atoms with van der Waals surface area (Å²) in [5.41, 5.74) is 2.00. The molecule has 5 heteroatoms. The van der Waals surface area contributed by atoms with Crippen molar-refractivity contribution in [3.8, 4) is 16.9 Å². The Morgan fingerprint density at radius 1 is 0.900 bits per heavy atom. The van der Waals surface area contributed by atoms with Gasteiger partial charge in [-0.1, -0.05) is 11.6 Å². The second-order valence-corrected chi connectivity index (χ2v) is 4.65. The lowest BCUT2D eigenvalue weighted by molar-refractivity contribution is 0.627. The van der Waals surface area contributed by atoms with Crippen LogP contribution < -0.4 is 0 Å². The molecule has 100 valence electrons. The van der Waals surface area contributed by atoms with Crippen LogP contribution in [0.2, 0.25) is 5.02 Å². The molecule has 0 radical (unpaired) electrons. The minimum absolute atomic E-state index is 0.300. The van der Waals surface area contributed by atoms with Crippen LogP contribution in [0.1, 0.15) is 0 Å². The Morgan fingerprint density at radius 3 is 2.30 bits per heavy atom. The lowest BCUT2D eigenvalue weighted by Gasteiger charge is -2.02. The number of benzene rings is 2. The summed E-state index contributed by atoms with van der Waals surface area (Å²) in [7, 11) is 0. The third-order valence-electron chi connectivity index (χ3n) is 2.89. The number of nitrogens with zero attached hydrogens (tertiary/aromatic N) is 2. The molecule has 0 spiro atoms. The Bertz CT molecular complexity index is 751. The lowest BCUT2D eigenvalue weighted by atomic mass is 10.1. The van der Waals surface area contributed by atoms with E-state index >= 15 is 0 Å². The molecular weight excluding hydrogens is 282 g/mol. The zero-order valence-electron chi connectivity index (χ0n) is 10.2. The van der Waals surface area contributed by atoms with E-state index in [0.717, 1.165) is 5.69 Å². The van der Waals surface area contributed by atoms with Crippen LogP contribution in [0.4, 0.5) is 8.78 Å². The second kappa shape index (κ2) is 5.06. The molecule has 0 N–H and O–H groups in total. The van der Waals surface area contributed by atoms with E-state index in [1.807, 2.05) is 0 Å². The van der Waals surface area contributed by atoms with Gasteiger partial charge >= 0.3 is 0 Å². The minimum Gasteiger partial charge on any atom is -0.240 e. The number of halogens is 3. The molecule has 2 nitrogen and oxygen atoms in total. The molecule has 0 amide bonds. The number of hydrogen-bond acceptors (Lipinski definition) is 1. The molecular formula is C15H9ClF2N2. The van der Waals surface area contributed by atoms with Gasteiger partial charge in [0.05, 0.1) is 16.4 Å². The summed E-state index contributed by atoms with van der Waals surface area (Å²) in [4.78, 5) is 0. The smallest absolute Gasteiger partial charge is 0.124 e. The summed E-state index contributed by atoms with van der Waals surface area (Å²) >= 11 is 6.00. The molecule has 2 aromatic carbocycles. The summed E-state index contributed by atoms with van der Waals surface area (Å²) in [6, 6.07) is 11.9. The largest absolute Gasteiger partial charge is 0.240 e. The zero-order valence-corrected chi connectivity index (χ0v) is 11.0. The van der Waals surface area contributed by atoms with Crippen LogP contribution in [0.5, 0.6) is 0 Å². The van der Waals surface area contributed by atoms with Gasteiger partial charge in [-0.3, -0.25) is 0 Å². The molecule has 0 aliphatic rings. The van der Waals surface area contributed by atoms with Crippen LogP contribution in [0, 0.1) is 11.6 Å². The summed E-state index contributed by atoms with van der Waals surface area (Å²) in [6.45, 7) is 0. The standard InChI is InChI=1S/C15H9ClF2N2/c16-14-9-11(18)3-6-13(14)15-7-8-20(19-15)12-4-1-10(17)2-5-12/h1-9H. The van der Waals surface area contributed by atoms with Crippen molar-refractivity contribution in [3.63, 3.8) is 0 Å². The fraction of sp³-hybridized carbons (Fsp3) is 0. The molecule has 0 saturated carbocycles. The maximum absolute atomic E-state index is 13.0. The first-order valence-electron chi connectivity index (χ1n) is 5.90. The molecule has 0 unspecified atom stereocenters. The van der Waals surface area contributed by atoms with Gasteiger partial charge in [-0.15, -0.1) is 0 Å². The summed E-state index contributed by atoms with van der Waals surface area (Å²) in [5, 5.41) is 4.66. The predicted molar refractivity (Wildman–Crippen MR) is 73.9 cm³/mol. The number of hydrogen-bond donors (Lipinski definition) is 0. The first-order chi connectivity index (χ1) is 9.63. The van der Waals surface area contributed by atoms with Crippen molar-refractivity contribution in [3.05, 3.63) is 71.4 Å². The van der Waals surface area contributed by atoms with Crippen molar-refractivity contribution >= 4 is 11.6 Å². The number of aromatic nitrogens is 2. The third-order valence-corrected chi connectivity index (χ3v) is 3.20. The van der Waals surface area contributed by atoms with E-state index in [1.165, 1.54) is 24.3 Å². The van der Waals surface area contributed by atoms with Gasteiger partial charge in [0.2, 0.25) is 0 Å². The van der Waals surface area contributed by atoms with Gasteiger partial charge < -0.3 is 0 Å².